The Balaban J connectivity index is 2.42. The van der Waals surface area contributed by atoms with Gasteiger partial charge in [-0.05, 0) is 35.0 Å². The van der Waals surface area contributed by atoms with E-state index >= 15 is 0 Å². The number of ether oxygens (including phenoxy) is 1. The Morgan fingerprint density at radius 2 is 2.05 bits per heavy atom. The van der Waals surface area contributed by atoms with E-state index in [4.69, 9.17) is 10.6 Å². The van der Waals surface area contributed by atoms with Gasteiger partial charge in [-0.25, -0.2) is 15.2 Å². The van der Waals surface area contributed by atoms with Crippen LogP contribution in [0.3, 0.4) is 0 Å². The van der Waals surface area contributed by atoms with Crippen LogP contribution < -0.4 is 16.0 Å². The summed E-state index contributed by atoms with van der Waals surface area (Å²) in [6, 6.07) is 4.52. The van der Waals surface area contributed by atoms with Crippen molar-refractivity contribution in [2.75, 3.05) is 5.43 Å². The first-order valence-electron chi connectivity index (χ1n) is 6.40. The maximum Gasteiger partial charge on any atom is 0.227 e. The van der Waals surface area contributed by atoms with Crippen molar-refractivity contribution < 1.29 is 9.13 Å². The van der Waals surface area contributed by atoms with Crippen LogP contribution in [0.15, 0.2) is 22.7 Å². The Labute approximate surface area is 130 Å². The maximum absolute atomic E-state index is 13.5. The molecule has 1 heterocycles. The van der Waals surface area contributed by atoms with Crippen molar-refractivity contribution in [2.24, 2.45) is 5.84 Å². The second kappa shape index (κ2) is 6.36. The number of hydrogen-bond acceptors (Lipinski definition) is 5. The fraction of sp³-hybridized carbons (Fsp3) is 0.286. The van der Waals surface area contributed by atoms with Crippen LogP contribution in [0.25, 0.3) is 0 Å². The predicted molar refractivity (Wildman–Crippen MR) is 82.8 cm³/mol. The number of nitrogens with one attached hydrogen (secondary N) is 1. The molecule has 0 saturated heterocycles. The maximum atomic E-state index is 13.5. The minimum atomic E-state index is -0.402. The van der Waals surface area contributed by atoms with Crippen molar-refractivity contribution in [1.29, 1.82) is 0 Å². The van der Waals surface area contributed by atoms with Gasteiger partial charge in [0.05, 0.1) is 10.0 Å². The Morgan fingerprint density at radius 1 is 1.33 bits per heavy atom. The number of halogens is 2. The van der Waals surface area contributed by atoms with Crippen molar-refractivity contribution in [3.63, 3.8) is 0 Å². The lowest BCUT2D eigenvalue weighted by molar-refractivity contribution is 0.448. The molecule has 0 radical (unpaired) electrons. The Bertz CT molecular complexity index is 664. The molecule has 2 aromatic rings. The van der Waals surface area contributed by atoms with Crippen molar-refractivity contribution in [3.8, 4) is 11.6 Å². The van der Waals surface area contributed by atoms with E-state index in [9.17, 15) is 4.39 Å². The summed E-state index contributed by atoms with van der Waals surface area (Å²) in [7, 11) is 0. The second-order valence-electron chi connectivity index (χ2n) is 4.84. The highest BCUT2D eigenvalue weighted by molar-refractivity contribution is 9.10. The fourth-order valence-corrected chi connectivity index (χ4v) is 1.91. The van der Waals surface area contributed by atoms with E-state index in [0.717, 1.165) is 0 Å². The highest BCUT2D eigenvalue weighted by Gasteiger charge is 2.15. The largest absolute Gasteiger partial charge is 0.438 e. The van der Waals surface area contributed by atoms with Crippen LogP contribution in [0, 0.1) is 12.7 Å². The average Bonchev–Trinajstić information content (AvgIpc) is 2.44. The van der Waals surface area contributed by atoms with Gasteiger partial charge in [-0.15, -0.1) is 0 Å². The lowest BCUT2D eigenvalue weighted by Gasteiger charge is -2.14. The lowest BCUT2D eigenvalue weighted by Crippen LogP contribution is -2.13. The van der Waals surface area contributed by atoms with E-state index in [2.05, 4.69) is 31.3 Å². The number of nitrogens with two attached hydrogens (primary N) is 1. The molecule has 112 valence electrons. The quantitative estimate of drug-likeness (QED) is 0.643. The highest BCUT2D eigenvalue weighted by atomic mass is 79.9. The first kappa shape index (κ1) is 15.7. The summed E-state index contributed by atoms with van der Waals surface area (Å²) in [6.07, 6.45) is 0. The number of hydrazine groups is 1. The summed E-state index contributed by atoms with van der Waals surface area (Å²) in [5.74, 6) is 6.97. The molecule has 0 unspecified atom stereocenters. The molecule has 0 saturated carbocycles. The molecule has 0 bridgehead atoms. The lowest BCUT2D eigenvalue weighted by atomic mass is 10.2. The summed E-state index contributed by atoms with van der Waals surface area (Å²) in [4.78, 5) is 8.68. The first-order chi connectivity index (χ1) is 9.92. The average molecular weight is 355 g/mol. The standard InChI is InChI=1S/C14H16BrFN4O/c1-7(2)12-18-13(20-17)8(3)14(19-12)21-9-4-5-10(15)11(16)6-9/h4-7H,17H2,1-3H3,(H,18,19,20). The van der Waals surface area contributed by atoms with Crippen LogP contribution in [0.2, 0.25) is 0 Å². The van der Waals surface area contributed by atoms with Crippen LogP contribution in [0.5, 0.6) is 11.6 Å². The molecule has 2 rings (SSSR count). The molecule has 0 aliphatic rings. The van der Waals surface area contributed by atoms with Gasteiger partial charge in [-0.3, -0.25) is 0 Å². The molecule has 1 aromatic carbocycles. The molecular weight excluding hydrogens is 339 g/mol. The normalized spacial score (nSPS) is 10.8. The monoisotopic (exact) mass is 354 g/mol. The highest BCUT2D eigenvalue weighted by Crippen LogP contribution is 2.30. The van der Waals surface area contributed by atoms with Crippen LogP contribution in [-0.4, -0.2) is 9.97 Å². The molecule has 3 N–H and O–H groups in total. The van der Waals surface area contributed by atoms with Crippen molar-refractivity contribution in [3.05, 3.63) is 39.9 Å². The molecule has 0 spiro atoms. The van der Waals surface area contributed by atoms with Crippen molar-refractivity contribution in [1.82, 2.24) is 9.97 Å². The van der Waals surface area contributed by atoms with Crippen LogP contribution >= 0.6 is 15.9 Å². The minimum absolute atomic E-state index is 0.113. The van der Waals surface area contributed by atoms with Gasteiger partial charge >= 0.3 is 0 Å². The van der Waals surface area contributed by atoms with E-state index in [1.165, 1.54) is 6.07 Å². The third-order valence-electron chi connectivity index (χ3n) is 2.88. The molecular formula is C14H16BrFN4O. The van der Waals surface area contributed by atoms with Crippen LogP contribution in [-0.2, 0) is 0 Å². The van der Waals surface area contributed by atoms with E-state index in [1.807, 2.05) is 13.8 Å². The Hall–Kier alpha value is -1.73. The molecule has 0 aliphatic heterocycles. The van der Waals surface area contributed by atoms with Gasteiger partial charge in [0.1, 0.15) is 17.4 Å². The second-order valence-corrected chi connectivity index (χ2v) is 5.69. The number of rotatable bonds is 4. The number of nitrogen functional groups attached to an aromatic ring is 1. The van der Waals surface area contributed by atoms with Crippen LogP contribution in [0.4, 0.5) is 10.2 Å². The number of nitrogens with zero attached hydrogens (tertiary/aromatic N) is 2. The number of benzene rings is 1. The Kier molecular flexibility index (Phi) is 4.74. The summed E-state index contributed by atoms with van der Waals surface area (Å²) >= 11 is 3.10. The van der Waals surface area contributed by atoms with Gasteiger partial charge in [0.25, 0.3) is 0 Å². The van der Waals surface area contributed by atoms with E-state index in [-0.39, 0.29) is 5.92 Å². The summed E-state index contributed by atoms with van der Waals surface area (Å²) in [6.45, 7) is 5.71. The summed E-state index contributed by atoms with van der Waals surface area (Å²) < 4.78 is 19.6. The third kappa shape index (κ3) is 3.48. The van der Waals surface area contributed by atoms with Crippen molar-refractivity contribution in [2.45, 2.75) is 26.7 Å². The number of hydrogen-bond donors (Lipinski definition) is 2. The van der Waals surface area contributed by atoms with Crippen LogP contribution in [0.1, 0.15) is 31.2 Å². The van der Waals surface area contributed by atoms with Gasteiger partial charge in [-0.1, -0.05) is 13.8 Å². The van der Waals surface area contributed by atoms with E-state index in [1.54, 1.807) is 19.1 Å². The molecule has 7 heteroatoms. The zero-order chi connectivity index (χ0) is 15.6. The minimum Gasteiger partial charge on any atom is -0.438 e. The SMILES string of the molecule is Cc1c(NN)nc(C(C)C)nc1Oc1ccc(Br)c(F)c1. The van der Waals surface area contributed by atoms with E-state index in [0.29, 0.717) is 33.3 Å². The van der Waals surface area contributed by atoms with Crippen molar-refractivity contribution >= 4 is 21.7 Å². The first-order valence-corrected chi connectivity index (χ1v) is 7.19. The molecule has 1 aromatic heterocycles. The third-order valence-corrected chi connectivity index (χ3v) is 3.52. The Morgan fingerprint density at radius 3 is 2.62 bits per heavy atom. The van der Waals surface area contributed by atoms with E-state index < -0.39 is 5.82 Å². The van der Waals surface area contributed by atoms with Gasteiger partial charge in [-0.2, -0.15) is 4.98 Å². The summed E-state index contributed by atoms with van der Waals surface area (Å²) in [5, 5.41) is 0. The van der Waals surface area contributed by atoms with Gasteiger partial charge in [0, 0.05) is 12.0 Å². The molecule has 0 fully saturated rings. The fourth-order valence-electron chi connectivity index (χ4n) is 1.66. The van der Waals surface area contributed by atoms with Gasteiger partial charge < -0.3 is 10.2 Å². The van der Waals surface area contributed by atoms with Gasteiger partial charge in [0.15, 0.2) is 5.82 Å². The smallest absolute Gasteiger partial charge is 0.227 e. The number of aromatic nitrogens is 2. The predicted octanol–water partition coefficient (Wildman–Crippen LogP) is 3.89. The summed E-state index contributed by atoms with van der Waals surface area (Å²) in [5.41, 5.74) is 3.18. The topological polar surface area (TPSA) is 73.1 Å². The molecule has 0 aliphatic carbocycles. The molecule has 0 amide bonds. The molecule has 0 atom stereocenters. The van der Waals surface area contributed by atoms with Gasteiger partial charge in [0.2, 0.25) is 5.88 Å². The molecule has 5 nitrogen and oxygen atoms in total. The zero-order valence-electron chi connectivity index (χ0n) is 11.9. The number of anilines is 1. The zero-order valence-corrected chi connectivity index (χ0v) is 13.5. The molecule has 21 heavy (non-hydrogen) atoms.